The summed E-state index contributed by atoms with van der Waals surface area (Å²) in [7, 11) is 1.72. The molecule has 2 aromatic carbocycles. The van der Waals surface area contributed by atoms with E-state index >= 15 is 0 Å². The number of nitrogens with zero attached hydrogens (tertiary/aromatic N) is 6. The van der Waals surface area contributed by atoms with Gasteiger partial charge in [0, 0.05) is 57.4 Å². The van der Waals surface area contributed by atoms with Crippen LogP contribution < -0.4 is 10.6 Å². The van der Waals surface area contributed by atoms with Gasteiger partial charge in [0.15, 0.2) is 0 Å². The van der Waals surface area contributed by atoms with Gasteiger partial charge >= 0.3 is 0 Å². The normalized spacial score (nSPS) is 12.1. The lowest BCUT2D eigenvalue weighted by Crippen LogP contribution is -2.49. The molecule has 0 unspecified atom stereocenters. The van der Waals surface area contributed by atoms with Crippen molar-refractivity contribution in [2.45, 2.75) is 46.8 Å². The number of hydrogen-bond acceptors (Lipinski definition) is 9. The molecule has 13 heteroatoms. The predicted molar refractivity (Wildman–Crippen MR) is 165 cm³/mol. The van der Waals surface area contributed by atoms with E-state index in [2.05, 4.69) is 26.8 Å². The molecule has 1 aliphatic rings. The molecule has 2 amide bonds. The molecule has 226 valence electrons. The van der Waals surface area contributed by atoms with Crippen molar-refractivity contribution < 1.29 is 14.1 Å². The summed E-state index contributed by atoms with van der Waals surface area (Å²) in [5.41, 5.74) is 5.25. The molecule has 1 aliphatic heterocycles. The van der Waals surface area contributed by atoms with Crippen LogP contribution in [0.4, 0.5) is 5.69 Å². The lowest BCUT2D eigenvalue weighted by Gasteiger charge is -2.31. The number of carbonyl (C=O) groups is 2. The van der Waals surface area contributed by atoms with E-state index in [4.69, 9.17) is 4.52 Å². The highest BCUT2D eigenvalue weighted by Crippen LogP contribution is 2.25. The smallest absolute Gasteiger partial charge is 0.256 e. The molecule has 3 aromatic rings. The number of rotatable bonds is 11. The lowest BCUT2D eigenvalue weighted by molar-refractivity contribution is -0.151. The number of hydrazine groups is 1. The van der Waals surface area contributed by atoms with Crippen molar-refractivity contribution in [1.82, 2.24) is 30.4 Å². The molecule has 2 N–H and O–H groups in total. The van der Waals surface area contributed by atoms with Gasteiger partial charge in [-0.3, -0.25) is 14.6 Å². The minimum absolute atomic E-state index is 0. The zero-order valence-electron chi connectivity index (χ0n) is 24.5. The van der Waals surface area contributed by atoms with Crippen LogP contribution in [0.3, 0.4) is 0 Å². The first-order valence-corrected chi connectivity index (χ1v) is 13.3. The fourth-order valence-corrected chi connectivity index (χ4v) is 4.51. The van der Waals surface area contributed by atoms with Crippen LogP contribution in [0.2, 0.25) is 0 Å². The van der Waals surface area contributed by atoms with Crippen LogP contribution in [0.15, 0.2) is 40.9 Å². The molecule has 1 aromatic heterocycles. The van der Waals surface area contributed by atoms with Crippen LogP contribution in [0.1, 0.15) is 42.0 Å². The van der Waals surface area contributed by atoms with E-state index in [1.807, 2.05) is 56.1 Å². The number of carbonyl (C=O) groups excluding carboxylic acids is 2. The Morgan fingerprint density at radius 3 is 2.50 bits per heavy atom. The van der Waals surface area contributed by atoms with E-state index in [1.165, 1.54) is 0 Å². The second-order valence-electron chi connectivity index (χ2n) is 10.3. The van der Waals surface area contributed by atoms with Gasteiger partial charge < -0.3 is 20.1 Å². The van der Waals surface area contributed by atoms with Gasteiger partial charge in [-0.2, -0.15) is 10.2 Å². The van der Waals surface area contributed by atoms with Crippen LogP contribution in [0, 0.1) is 25.2 Å². The molecule has 42 heavy (non-hydrogen) atoms. The maximum Gasteiger partial charge on any atom is 0.256 e. The number of aryl methyl sites for hydroxylation is 2. The fraction of sp³-hybridized carbons (Fsp3) is 0.414. The molecule has 4 rings (SSSR count). The van der Waals surface area contributed by atoms with E-state index in [0.29, 0.717) is 43.5 Å². The highest BCUT2D eigenvalue weighted by molar-refractivity contribution is 5.87. The number of hydrogen-bond donors (Lipinski definition) is 2. The Morgan fingerprint density at radius 1 is 1.10 bits per heavy atom. The van der Waals surface area contributed by atoms with Gasteiger partial charge in [-0.25, -0.2) is 5.01 Å². The fourth-order valence-electron chi connectivity index (χ4n) is 4.51. The highest BCUT2D eigenvalue weighted by atomic mass is 35.5. The maximum absolute atomic E-state index is 13.4. The standard InChI is InChI=1S/C29H36N8O3.2ClH/c1-19(2)31-10-11-36(18-28(39)35(5)37-16-24-9-7-22(14-30)12-25(24)17-37)27(38)15-32-26-13-23(8-6-20(26)3)29-33-21(4)40-34-29;;/h6-9,12-13,19,31-32H,10-11,15-18H2,1-5H3;2*1H. The van der Waals surface area contributed by atoms with Crippen LogP contribution in [-0.2, 0) is 22.7 Å². The van der Waals surface area contributed by atoms with Crippen molar-refractivity contribution in [3.8, 4) is 17.5 Å². The Bertz CT molecular complexity index is 1420. The van der Waals surface area contributed by atoms with Gasteiger partial charge in [0.1, 0.15) is 6.54 Å². The van der Waals surface area contributed by atoms with Crippen LogP contribution in [0.25, 0.3) is 11.4 Å². The molecule has 0 bridgehead atoms. The number of aromatic nitrogens is 2. The maximum atomic E-state index is 13.4. The number of amides is 2. The number of fused-ring (bicyclic) bond motifs is 1. The molecule has 11 nitrogen and oxygen atoms in total. The summed E-state index contributed by atoms with van der Waals surface area (Å²) in [6.07, 6.45) is 0. The third kappa shape index (κ3) is 8.66. The van der Waals surface area contributed by atoms with Gasteiger partial charge in [-0.05, 0) is 41.8 Å². The van der Waals surface area contributed by atoms with E-state index in [-0.39, 0.29) is 55.8 Å². The lowest BCUT2D eigenvalue weighted by atomic mass is 10.1. The molecule has 0 saturated heterocycles. The summed E-state index contributed by atoms with van der Waals surface area (Å²) in [4.78, 5) is 32.6. The van der Waals surface area contributed by atoms with Crippen molar-refractivity contribution in [2.24, 2.45) is 0 Å². The monoisotopic (exact) mass is 616 g/mol. The second kappa shape index (κ2) is 15.5. The third-order valence-electron chi connectivity index (χ3n) is 6.89. The van der Waals surface area contributed by atoms with Crippen molar-refractivity contribution in [2.75, 3.05) is 38.5 Å². The minimum Gasteiger partial charge on any atom is -0.376 e. The van der Waals surface area contributed by atoms with Crippen LogP contribution in [-0.4, -0.2) is 76.1 Å². The van der Waals surface area contributed by atoms with Gasteiger partial charge in [0.2, 0.25) is 17.6 Å². The average Bonchev–Trinajstić information content (AvgIpc) is 3.56. The van der Waals surface area contributed by atoms with E-state index in [0.717, 1.165) is 27.9 Å². The molecule has 0 atom stereocenters. The summed E-state index contributed by atoms with van der Waals surface area (Å²) in [6.45, 7) is 9.81. The highest BCUT2D eigenvalue weighted by Gasteiger charge is 2.27. The summed E-state index contributed by atoms with van der Waals surface area (Å²) in [6, 6.07) is 13.7. The molecule has 0 radical (unpaired) electrons. The van der Waals surface area contributed by atoms with E-state index in [9.17, 15) is 14.9 Å². The van der Waals surface area contributed by atoms with Crippen molar-refractivity contribution in [3.63, 3.8) is 0 Å². The van der Waals surface area contributed by atoms with Crippen molar-refractivity contribution in [1.29, 1.82) is 5.26 Å². The molecule has 0 aliphatic carbocycles. The van der Waals surface area contributed by atoms with Gasteiger partial charge in [0.25, 0.3) is 5.91 Å². The number of halogens is 2. The SMILES string of the molecule is Cc1nc(-c2ccc(C)c(NCC(=O)N(CCNC(C)C)CC(=O)N(C)N3Cc4ccc(C#N)cc4C3)c2)no1.Cl.Cl. The van der Waals surface area contributed by atoms with Gasteiger partial charge in [-0.1, -0.05) is 37.2 Å². The number of benzene rings is 2. The van der Waals surface area contributed by atoms with Gasteiger partial charge in [0.05, 0.1) is 18.2 Å². The largest absolute Gasteiger partial charge is 0.376 e. The van der Waals surface area contributed by atoms with Crippen molar-refractivity contribution in [3.05, 3.63) is 64.5 Å². The topological polar surface area (TPSA) is 131 Å². The summed E-state index contributed by atoms with van der Waals surface area (Å²) in [5.74, 6) is 0.591. The zero-order chi connectivity index (χ0) is 28.8. The average molecular weight is 618 g/mol. The van der Waals surface area contributed by atoms with Crippen LogP contribution >= 0.6 is 24.8 Å². The van der Waals surface area contributed by atoms with E-state index in [1.54, 1.807) is 29.9 Å². The zero-order valence-corrected chi connectivity index (χ0v) is 26.1. The Kier molecular flexibility index (Phi) is 12.7. The summed E-state index contributed by atoms with van der Waals surface area (Å²) >= 11 is 0. The Hall–Kier alpha value is -3.69. The summed E-state index contributed by atoms with van der Waals surface area (Å²) < 4.78 is 5.09. The molecule has 0 fully saturated rings. The number of nitriles is 1. The first-order valence-electron chi connectivity index (χ1n) is 13.3. The summed E-state index contributed by atoms with van der Waals surface area (Å²) in [5, 5.41) is 23.2. The van der Waals surface area contributed by atoms with E-state index < -0.39 is 0 Å². The number of likely N-dealkylation sites (N-methyl/N-ethyl adjacent to an activating group) is 1. The molecule has 0 spiro atoms. The molecular weight excluding hydrogens is 579 g/mol. The minimum atomic E-state index is -0.184. The van der Waals surface area contributed by atoms with Crippen molar-refractivity contribution >= 4 is 42.3 Å². The number of anilines is 1. The second-order valence-corrected chi connectivity index (χ2v) is 10.3. The Balaban J connectivity index is 0.00000308. The molecule has 0 saturated carbocycles. The number of nitrogens with one attached hydrogen (secondary N) is 2. The Morgan fingerprint density at radius 2 is 1.83 bits per heavy atom. The first kappa shape index (κ1) is 34.5. The Labute approximate surface area is 259 Å². The quantitative estimate of drug-likeness (QED) is 0.331. The van der Waals surface area contributed by atoms with Crippen LogP contribution in [0.5, 0.6) is 0 Å². The molecule has 2 heterocycles. The predicted octanol–water partition coefficient (Wildman–Crippen LogP) is 3.70. The molecular formula is C29H38Cl2N8O3. The third-order valence-corrected chi connectivity index (χ3v) is 6.89. The first-order chi connectivity index (χ1) is 19.1. The van der Waals surface area contributed by atoms with Gasteiger partial charge in [-0.15, -0.1) is 24.8 Å².